The lowest BCUT2D eigenvalue weighted by molar-refractivity contribution is -0.387. The van der Waals surface area contributed by atoms with Crippen LogP contribution in [0.15, 0.2) is 32.7 Å². The monoisotopic (exact) mass is 334 g/mol. The number of carbonyl (C=O) groups is 1. The van der Waals surface area contributed by atoms with E-state index in [4.69, 9.17) is 4.42 Å². The summed E-state index contributed by atoms with van der Waals surface area (Å²) >= 11 is 1.05. The molecule has 1 fully saturated rings. The molecule has 0 aliphatic carbocycles. The first-order valence-electron chi connectivity index (χ1n) is 7.06. The van der Waals surface area contributed by atoms with Gasteiger partial charge in [-0.2, -0.15) is 0 Å². The Kier molecular flexibility index (Phi) is 4.28. The molecule has 0 radical (unpaired) electrons. The maximum absolute atomic E-state index is 11.6. The van der Waals surface area contributed by atoms with E-state index in [-0.39, 0.29) is 23.4 Å². The molecule has 1 aliphatic heterocycles. The maximum atomic E-state index is 11.6. The number of aromatic nitrogens is 2. The summed E-state index contributed by atoms with van der Waals surface area (Å²) < 4.78 is 5.49. The summed E-state index contributed by atoms with van der Waals surface area (Å²) in [4.78, 5) is 24.4. The topological polar surface area (TPSA) is 102 Å². The van der Waals surface area contributed by atoms with E-state index in [2.05, 4.69) is 10.2 Å². The number of rotatable bonds is 5. The number of nitrogens with zero attached hydrogens (tertiary/aromatic N) is 4. The van der Waals surface area contributed by atoms with Crippen molar-refractivity contribution in [3.8, 4) is 0 Å². The second-order valence-electron chi connectivity index (χ2n) is 5.21. The van der Waals surface area contributed by atoms with Gasteiger partial charge in [0.15, 0.2) is 0 Å². The maximum Gasteiger partial charge on any atom is 0.283 e. The average Bonchev–Trinajstić information content (AvgIpc) is 3.11. The van der Waals surface area contributed by atoms with Crippen LogP contribution in [0, 0.1) is 17.0 Å². The van der Waals surface area contributed by atoms with Crippen molar-refractivity contribution in [1.82, 2.24) is 15.1 Å². The van der Waals surface area contributed by atoms with Crippen molar-refractivity contribution in [2.45, 2.75) is 36.4 Å². The first-order chi connectivity index (χ1) is 11.0. The SMILES string of the molecule is Cc1ccc(Sc2nnc(CN3CCCC3=O)o2)c([N+](=O)[O-])c1. The van der Waals surface area contributed by atoms with Crippen molar-refractivity contribution in [2.75, 3.05) is 6.54 Å². The third-order valence-electron chi connectivity index (χ3n) is 3.45. The fourth-order valence-corrected chi connectivity index (χ4v) is 3.11. The second kappa shape index (κ2) is 6.37. The zero-order valence-electron chi connectivity index (χ0n) is 12.4. The van der Waals surface area contributed by atoms with Crippen molar-refractivity contribution in [2.24, 2.45) is 0 Å². The number of hydrogen-bond acceptors (Lipinski definition) is 7. The number of hydrogen-bond donors (Lipinski definition) is 0. The lowest BCUT2D eigenvalue weighted by Gasteiger charge is -2.11. The first-order valence-corrected chi connectivity index (χ1v) is 7.87. The number of amides is 1. The third kappa shape index (κ3) is 3.50. The predicted molar refractivity (Wildman–Crippen MR) is 80.9 cm³/mol. The van der Waals surface area contributed by atoms with Crippen molar-refractivity contribution in [3.05, 3.63) is 39.8 Å². The van der Waals surface area contributed by atoms with Crippen LogP contribution in [-0.4, -0.2) is 32.5 Å². The highest BCUT2D eigenvalue weighted by atomic mass is 32.2. The number of nitro benzene ring substituents is 1. The van der Waals surface area contributed by atoms with Gasteiger partial charge in [0.05, 0.1) is 16.4 Å². The van der Waals surface area contributed by atoms with Gasteiger partial charge in [0.25, 0.3) is 10.9 Å². The van der Waals surface area contributed by atoms with Gasteiger partial charge in [0.1, 0.15) is 0 Å². The van der Waals surface area contributed by atoms with E-state index in [1.54, 1.807) is 24.0 Å². The quantitative estimate of drug-likeness (QED) is 0.611. The number of benzene rings is 1. The standard InChI is InChI=1S/C14H14N4O4S/c1-9-4-5-11(10(7-9)18(20)21)23-14-16-15-12(22-14)8-17-6-2-3-13(17)19/h4-5,7H,2-3,6,8H2,1H3. The normalized spacial score (nSPS) is 14.5. The lowest BCUT2D eigenvalue weighted by Crippen LogP contribution is -2.23. The molecule has 23 heavy (non-hydrogen) atoms. The molecule has 0 atom stereocenters. The summed E-state index contributed by atoms with van der Waals surface area (Å²) in [5.74, 6) is 0.407. The van der Waals surface area contributed by atoms with Crippen molar-refractivity contribution >= 4 is 23.4 Å². The molecule has 1 aromatic heterocycles. The summed E-state index contributed by atoms with van der Waals surface area (Å²) in [7, 11) is 0. The molecule has 8 nitrogen and oxygen atoms in total. The minimum absolute atomic E-state index is 0.00414. The molecule has 1 amide bonds. The Morgan fingerprint density at radius 3 is 2.96 bits per heavy atom. The van der Waals surface area contributed by atoms with Crippen molar-refractivity contribution in [3.63, 3.8) is 0 Å². The van der Waals surface area contributed by atoms with Crippen molar-refractivity contribution < 1.29 is 14.1 Å². The summed E-state index contributed by atoms with van der Waals surface area (Å²) in [6, 6.07) is 4.95. The van der Waals surface area contributed by atoms with Crippen LogP contribution in [0.1, 0.15) is 24.3 Å². The molecule has 0 saturated carbocycles. The van der Waals surface area contributed by atoms with Crippen LogP contribution < -0.4 is 0 Å². The van der Waals surface area contributed by atoms with Crippen LogP contribution in [0.5, 0.6) is 0 Å². The molecular weight excluding hydrogens is 320 g/mol. The van der Waals surface area contributed by atoms with E-state index in [1.807, 2.05) is 0 Å². The van der Waals surface area contributed by atoms with Crippen LogP contribution in [0.3, 0.4) is 0 Å². The Labute approximate surface area is 136 Å². The van der Waals surface area contributed by atoms with Gasteiger partial charge in [-0.25, -0.2) is 0 Å². The number of likely N-dealkylation sites (tertiary alicyclic amines) is 1. The summed E-state index contributed by atoms with van der Waals surface area (Å²) in [6.07, 6.45) is 1.38. The van der Waals surface area contributed by atoms with Crippen molar-refractivity contribution in [1.29, 1.82) is 0 Å². The highest BCUT2D eigenvalue weighted by molar-refractivity contribution is 7.99. The molecule has 0 spiro atoms. The van der Waals surface area contributed by atoms with Gasteiger partial charge in [0, 0.05) is 19.0 Å². The van der Waals surface area contributed by atoms with Crippen LogP contribution >= 0.6 is 11.8 Å². The summed E-state index contributed by atoms with van der Waals surface area (Å²) in [5.41, 5.74) is 0.810. The van der Waals surface area contributed by atoms with Crippen LogP contribution in [-0.2, 0) is 11.3 Å². The molecule has 9 heteroatoms. The Bertz CT molecular complexity index is 761. The molecule has 1 aromatic carbocycles. The fraction of sp³-hybridized carbons (Fsp3) is 0.357. The minimum atomic E-state index is -0.435. The largest absolute Gasteiger partial charge is 0.414 e. The molecule has 0 N–H and O–H groups in total. The molecule has 120 valence electrons. The van der Waals surface area contributed by atoms with E-state index in [9.17, 15) is 14.9 Å². The zero-order valence-corrected chi connectivity index (χ0v) is 13.2. The van der Waals surface area contributed by atoms with Crippen LogP contribution in [0.4, 0.5) is 5.69 Å². The molecule has 2 aromatic rings. The Hall–Kier alpha value is -2.42. The van der Waals surface area contributed by atoms with E-state index in [0.29, 0.717) is 23.8 Å². The Morgan fingerprint density at radius 1 is 1.43 bits per heavy atom. The predicted octanol–water partition coefficient (Wildman–Crippen LogP) is 2.56. The highest BCUT2D eigenvalue weighted by Crippen LogP contribution is 2.34. The molecule has 2 heterocycles. The van der Waals surface area contributed by atoms with Gasteiger partial charge >= 0.3 is 0 Å². The van der Waals surface area contributed by atoms with Crippen LogP contribution in [0.25, 0.3) is 0 Å². The second-order valence-corrected chi connectivity index (χ2v) is 6.20. The van der Waals surface area contributed by atoms with E-state index >= 15 is 0 Å². The molecular formula is C14H14N4O4S. The van der Waals surface area contributed by atoms with Gasteiger partial charge in [-0.1, -0.05) is 6.07 Å². The zero-order chi connectivity index (χ0) is 16.4. The molecule has 0 bridgehead atoms. The number of carbonyl (C=O) groups excluding carboxylic acids is 1. The Balaban J connectivity index is 1.74. The van der Waals surface area contributed by atoms with Gasteiger partial charge in [-0.05, 0) is 36.7 Å². The summed E-state index contributed by atoms with van der Waals surface area (Å²) in [5, 5.41) is 19.1. The van der Waals surface area contributed by atoms with Gasteiger partial charge in [-0.3, -0.25) is 14.9 Å². The van der Waals surface area contributed by atoms with Gasteiger partial charge in [0.2, 0.25) is 11.8 Å². The van der Waals surface area contributed by atoms with Crippen LogP contribution in [0.2, 0.25) is 0 Å². The highest BCUT2D eigenvalue weighted by Gasteiger charge is 2.23. The minimum Gasteiger partial charge on any atom is -0.414 e. The number of nitro groups is 1. The fourth-order valence-electron chi connectivity index (χ4n) is 2.33. The van der Waals surface area contributed by atoms with Gasteiger partial charge in [-0.15, -0.1) is 10.2 Å². The molecule has 1 aliphatic rings. The van der Waals surface area contributed by atoms with Gasteiger partial charge < -0.3 is 9.32 Å². The Morgan fingerprint density at radius 2 is 2.26 bits per heavy atom. The smallest absolute Gasteiger partial charge is 0.283 e. The lowest BCUT2D eigenvalue weighted by atomic mass is 10.2. The molecule has 0 unspecified atom stereocenters. The number of aryl methyl sites for hydroxylation is 1. The first kappa shape index (κ1) is 15.5. The third-order valence-corrected chi connectivity index (χ3v) is 4.36. The average molecular weight is 334 g/mol. The summed E-state index contributed by atoms with van der Waals surface area (Å²) in [6.45, 7) is 2.76. The molecule has 3 rings (SSSR count). The van der Waals surface area contributed by atoms with E-state index < -0.39 is 4.92 Å². The van der Waals surface area contributed by atoms with E-state index in [0.717, 1.165) is 23.7 Å². The van der Waals surface area contributed by atoms with E-state index in [1.165, 1.54) is 6.07 Å². The molecule has 1 saturated heterocycles.